The first kappa shape index (κ1) is 11.9. The van der Waals surface area contributed by atoms with Crippen molar-refractivity contribution >= 4 is 17.4 Å². The topological polar surface area (TPSA) is 49.3 Å². The molecule has 1 rings (SSSR count). The summed E-state index contributed by atoms with van der Waals surface area (Å²) in [5.74, 6) is -1.97. The van der Waals surface area contributed by atoms with Crippen LogP contribution in [-0.4, -0.2) is 24.5 Å². The number of aryl methyl sites for hydroxylation is 1. The SMILES string of the molecule is CNCC(=O)c1c(O)c(F)cc(C)c1Cl. The smallest absolute Gasteiger partial charge is 0.181 e. The van der Waals surface area contributed by atoms with Crippen LogP contribution in [0.15, 0.2) is 6.07 Å². The van der Waals surface area contributed by atoms with E-state index in [2.05, 4.69) is 5.32 Å². The van der Waals surface area contributed by atoms with E-state index in [1.54, 1.807) is 14.0 Å². The normalized spacial score (nSPS) is 10.4. The summed E-state index contributed by atoms with van der Waals surface area (Å²) in [5, 5.41) is 12.1. The van der Waals surface area contributed by atoms with Crippen LogP contribution in [0.3, 0.4) is 0 Å². The first-order valence-corrected chi connectivity index (χ1v) is 4.72. The van der Waals surface area contributed by atoms with Gasteiger partial charge in [0.15, 0.2) is 17.3 Å². The first-order chi connectivity index (χ1) is 6.99. The van der Waals surface area contributed by atoms with E-state index in [0.717, 1.165) is 6.07 Å². The standard InChI is InChI=1S/C10H11ClFNO2/c1-5-3-6(12)10(15)8(9(5)11)7(14)4-13-2/h3,13,15H,4H2,1-2H3. The number of carbonyl (C=O) groups excluding carboxylic acids is 1. The molecule has 0 aliphatic rings. The number of rotatable bonds is 3. The summed E-state index contributed by atoms with van der Waals surface area (Å²) in [6.07, 6.45) is 0. The number of phenolic OH excluding ortho intramolecular Hbond substituents is 1. The van der Waals surface area contributed by atoms with E-state index < -0.39 is 17.3 Å². The number of hydrogen-bond acceptors (Lipinski definition) is 3. The molecule has 0 amide bonds. The third kappa shape index (κ3) is 2.27. The highest BCUT2D eigenvalue weighted by atomic mass is 35.5. The molecule has 0 radical (unpaired) electrons. The molecule has 0 aliphatic heterocycles. The number of ketones is 1. The fourth-order valence-corrected chi connectivity index (χ4v) is 1.50. The molecule has 1 aromatic rings. The zero-order valence-corrected chi connectivity index (χ0v) is 9.15. The van der Waals surface area contributed by atoms with Gasteiger partial charge < -0.3 is 10.4 Å². The number of carbonyl (C=O) groups is 1. The highest BCUT2D eigenvalue weighted by molar-refractivity contribution is 6.35. The van der Waals surface area contributed by atoms with Crippen LogP contribution in [0.4, 0.5) is 4.39 Å². The van der Waals surface area contributed by atoms with Crippen molar-refractivity contribution in [3.8, 4) is 5.75 Å². The molecule has 0 aliphatic carbocycles. The van der Waals surface area contributed by atoms with Gasteiger partial charge in [-0.1, -0.05) is 11.6 Å². The van der Waals surface area contributed by atoms with Crippen molar-refractivity contribution in [3.05, 3.63) is 28.0 Å². The lowest BCUT2D eigenvalue weighted by Gasteiger charge is -2.09. The zero-order chi connectivity index (χ0) is 11.6. The largest absolute Gasteiger partial charge is 0.504 e. The summed E-state index contributed by atoms with van der Waals surface area (Å²) in [4.78, 5) is 11.5. The molecule has 0 aromatic heterocycles. The number of Topliss-reactive ketones (excluding diaryl/α,β-unsaturated/α-hetero) is 1. The maximum absolute atomic E-state index is 13.1. The molecular formula is C10H11ClFNO2. The number of benzene rings is 1. The predicted molar refractivity (Wildman–Crippen MR) is 56.1 cm³/mol. The maximum atomic E-state index is 13.1. The average Bonchev–Trinajstić information content (AvgIpc) is 2.16. The number of nitrogens with one attached hydrogen (secondary N) is 1. The van der Waals surface area contributed by atoms with Crippen molar-refractivity contribution in [1.82, 2.24) is 5.32 Å². The molecule has 0 atom stereocenters. The lowest BCUT2D eigenvalue weighted by molar-refractivity contribution is 0.0990. The zero-order valence-electron chi connectivity index (χ0n) is 8.40. The fourth-order valence-electron chi connectivity index (χ4n) is 1.25. The Labute approximate surface area is 91.9 Å². The summed E-state index contributed by atoms with van der Waals surface area (Å²) in [7, 11) is 1.58. The number of halogens is 2. The molecule has 0 spiro atoms. The van der Waals surface area contributed by atoms with Crippen LogP contribution in [0.1, 0.15) is 15.9 Å². The Bertz CT molecular complexity index is 381. The van der Waals surface area contributed by atoms with E-state index in [0.29, 0.717) is 5.56 Å². The van der Waals surface area contributed by atoms with Crippen LogP contribution in [0, 0.1) is 12.7 Å². The van der Waals surface area contributed by atoms with Gasteiger partial charge in [-0.15, -0.1) is 0 Å². The highest BCUT2D eigenvalue weighted by Crippen LogP contribution is 2.31. The molecule has 15 heavy (non-hydrogen) atoms. The average molecular weight is 232 g/mol. The van der Waals surface area contributed by atoms with Gasteiger partial charge in [0.05, 0.1) is 17.1 Å². The molecule has 0 heterocycles. The van der Waals surface area contributed by atoms with Crippen molar-refractivity contribution in [2.24, 2.45) is 0 Å². The Morgan fingerprint density at radius 2 is 2.27 bits per heavy atom. The van der Waals surface area contributed by atoms with Gasteiger partial charge in [-0.25, -0.2) is 4.39 Å². The highest BCUT2D eigenvalue weighted by Gasteiger charge is 2.20. The Hall–Kier alpha value is -1.13. The van der Waals surface area contributed by atoms with Gasteiger partial charge in [0.2, 0.25) is 0 Å². The van der Waals surface area contributed by atoms with E-state index in [-0.39, 0.29) is 17.1 Å². The molecule has 0 bridgehead atoms. The Morgan fingerprint density at radius 3 is 2.80 bits per heavy atom. The van der Waals surface area contributed by atoms with Crippen LogP contribution in [0.5, 0.6) is 5.75 Å². The molecular weight excluding hydrogens is 221 g/mol. The molecule has 82 valence electrons. The summed E-state index contributed by atoms with van der Waals surface area (Å²) < 4.78 is 13.1. The second kappa shape index (κ2) is 4.59. The monoisotopic (exact) mass is 231 g/mol. The minimum atomic E-state index is -0.837. The summed E-state index contributed by atoms with van der Waals surface area (Å²) in [6, 6.07) is 1.09. The van der Waals surface area contributed by atoms with Crippen LogP contribution < -0.4 is 5.32 Å². The van der Waals surface area contributed by atoms with E-state index in [1.807, 2.05) is 0 Å². The molecule has 3 nitrogen and oxygen atoms in total. The van der Waals surface area contributed by atoms with Crippen molar-refractivity contribution in [2.75, 3.05) is 13.6 Å². The van der Waals surface area contributed by atoms with Gasteiger partial charge in [-0.3, -0.25) is 4.79 Å². The van der Waals surface area contributed by atoms with E-state index >= 15 is 0 Å². The van der Waals surface area contributed by atoms with Crippen molar-refractivity contribution in [3.63, 3.8) is 0 Å². The van der Waals surface area contributed by atoms with Crippen molar-refractivity contribution in [1.29, 1.82) is 0 Å². The third-order valence-electron chi connectivity index (χ3n) is 1.99. The van der Waals surface area contributed by atoms with Gasteiger partial charge in [0, 0.05) is 0 Å². The van der Waals surface area contributed by atoms with Crippen LogP contribution in [0.25, 0.3) is 0 Å². The van der Waals surface area contributed by atoms with E-state index in [4.69, 9.17) is 11.6 Å². The number of phenols is 1. The molecule has 0 saturated carbocycles. The molecule has 2 N–H and O–H groups in total. The van der Waals surface area contributed by atoms with Crippen LogP contribution >= 0.6 is 11.6 Å². The Morgan fingerprint density at radius 1 is 1.67 bits per heavy atom. The van der Waals surface area contributed by atoms with Crippen molar-refractivity contribution in [2.45, 2.75) is 6.92 Å². The fraction of sp³-hybridized carbons (Fsp3) is 0.300. The van der Waals surface area contributed by atoms with Crippen molar-refractivity contribution < 1.29 is 14.3 Å². The van der Waals surface area contributed by atoms with Gasteiger partial charge in [0.25, 0.3) is 0 Å². The summed E-state index contributed by atoms with van der Waals surface area (Å²) >= 11 is 5.83. The van der Waals surface area contributed by atoms with Crippen LogP contribution in [0.2, 0.25) is 5.02 Å². The maximum Gasteiger partial charge on any atom is 0.181 e. The number of likely N-dealkylation sites (N-methyl/N-ethyl adjacent to an activating group) is 1. The van der Waals surface area contributed by atoms with E-state index in [1.165, 1.54) is 0 Å². The molecule has 0 fully saturated rings. The quantitative estimate of drug-likeness (QED) is 0.782. The molecule has 0 unspecified atom stereocenters. The van der Waals surface area contributed by atoms with Gasteiger partial charge in [-0.05, 0) is 25.6 Å². The lowest BCUT2D eigenvalue weighted by Crippen LogP contribution is -2.19. The van der Waals surface area contributed by atoms with Gasteiger partial charge in [0.1, 0.15) is 0 Å². The summed E-state index contributed by atoms with van der Waals surface area (Å²) in [6.45, 7) is 1.57. The van der Waals surface area contributed by atoms with Gasteiger partial charge >= 0.3 is 0 Å². The number of aromatic hydroxyl groups is 1. The molecule has 0 saturated heterocycles. The summed E-state index contributed by atoms with van der Waals surface area (Å²) in [5.41, 5.74) is 0.259. The second-order valence-corrected chi connectivity index (χ2v) is 3.54. The van der Waals surface area contributed by atoms with Crippen LogP contribution in [-0.2, 0) is 0 Å². The molecule has 1 aromatic carbocycles. The lowest BCUT2D eigenvalue weighted by atomic mass is 10.1. The minimum absolute atomic E-state index is 0.00380. The Kier molecular flexibility index (Phi) is 3.66. The minimum Gasteiger partial charge on any atom is -0.504 e. The number of hydrogen-bond donors (Lipinski definition) is 2. The van der Waals surface area contributed by atoms with Gasteiger partial charge in [-0.2, -0.15) is 0 Å². The Balaban J connectivity index is 3.32. The predicted octanol–water partition coefficient (Wildman–Crippen LogP) is 1.90. The molecule has 5 heteroatoms. The third-order valence-corrected chi connectivity index (χ3v) is 2.48. The first-order valence-electron chi connectivity index (χ1n) is 4.34. The second-order valence-electron chi connectivity index (χ2n) is 3.17. The van der Waals surface area contributed by atoms with E-state index in [9.17, 15) is 14.3 Å².